The topological polar surface area (TPSA) is 69.7 Å². The van der Waals surface area contributed by atoms with Gasteiger partial charge >= 0.3 is 16.4 Å². The first-order valence-electron chi connectivity index (χ1n) is 12.6. The van der Waals surface area contributed by atoms with Crippen molar-refractivity contribution in [1.82, 2.24) is 0 Å². The minimum atomic E-state index is -4.20. The lowest BCUT2D eigenvalue weighted by Gasteiger charge is -2.06. The van der Waals surface area contributed by atoms with Crippen molar-refractivity contribution in [2.75, 3.05) is 6.61 Å². The Kier molecular flexibility index (Phi) is 21.2. The molecule has 5 nitrogen and oxygen atoms in total. The van der Waals surface area contributed by atoms with Crippen LogP contribution in [-0.2, 0) is 23.6 Å². The first-order chi connectivity index (χ1) is 14.5. The quantitative estimate of drug-likeness (QED) is 0.150. The predicted octanol–water partition coefficient (Wildman–Crippen LogP) is 7.63. The first-order valence-corrected chi connectivity index (χ1v) is 14.0. The molecule has 0 aromatic rings. The molecule has 0 aliphatic rings. The Hall–Kier alpha value is -0.620. The zero-order valence-electron chi connectivity index (χ0n) is 19.8. The molecular weight excluding hydrogens is 400 g/mol. The van der Waals surface area contributed by atoms with E-state index >= 15 is 0 Å². The van der Waals surface area contributed by atoms with Crippen LogP contribution in [0.1, 0.15) is 142 Å². The van der Waals surface area contributed by atoms with Gasteiger partial charge in [0.15, 0.2) is 0 Å². The minimum absolute atomic E-state index is 0.0874. The predicted molar refractivity (Wildman–Crippen MR) is 125 cm³/mol. The molecular formula is C24H48O5S. The largest absolute Gasteiger partial charge is 0.451 e. The highest BCUT2D eigenvalue weighted by atomic mass is 32.3. The number of carbonyl (C=O) groups excluding carboxylic acids is 1. The second-order valence-electron chi connectivity index (χ2n) is 8.45. The Labute approximate surface area is 187 Å². The van der Waals surface area contributed by atoms with Crippen LogP contribution in [0.4, 0.5) is 0 Å². The average molecular weight is 449 g/mol. The Bertz CT molecular complexity index is 476. The maximum atomic E-state index is 11.7. The van der Waals surface area contributed by atoms with Crippen molar-refractivity contribution in [2.45, 2.75) is 142 Å². The van der Waals surface area contributed by atoms with Crippen molar-refractivity contribution in [3.05, 3.63) is 0 Å². The minimum Gasteiger partial charge on any atom is -0.325 e. The highest BCUT2D eigenvalue weighted by Gasteiger charge is 2.17. The molecule has 30 heavy (non-hydrogen) atoms. The molecule has 0 amide bonds. The van der Waals surface area contributed by atoms with Crippen molar-refractivity contribution in [2.24, 2.45) is 0 Å². The zero-order chi connectivity index (χ0) is 22.3. The molecule has 0 radical (unpaired) electrons. The van der Waals surface area contributed by atoms with E-state index in [1.165, 1.54) is 83.5 Å². The summed E-state index contributed by atoms with van der Waals surface area (Å²) in [6.07, 6.45) is 22.1. The van der Waals surface area contributed by atoms with Gasteiger partial charge in [-0.3, -0.25) is 4.79 Å². The highest BCUT2D eigenvalue weighted by Crippen LogP contribution is 2.13. The number of hydrogen-bond donors (Lipinski definition) is 0. The number of unbranched alkanes of at least 4 members (excludes halogenated alkanes) is 17. The van der Waals surface area contributed by atoms with Crippen molar-refractivity contribution in [1.29, 1.82) is 0 Å². The fourth-order valence-corrected chi connectivity index (χ4v) is 4.19. The van der Waals surface area contributed by atoms with E-state index in [4.69, 9.17) is 4.18 Å². The fraction of sp³-hybridized carbons (Fsp3) is 0.958. The maximum Gasteiger partial charge on any atom is 0.451 e. The summed E-state index contributed by atoms with van der Waals surface area (Å²) < 4.78 is 32.7. The van der Waals surface area contributed by atoms with E-state index in [0.717, 1.165) is 25.7 Å². The van der Waals surface area contributed by atoms with Gasteiger partial charge in [-0.05, 0) is 12.8 Å². The second-order valence-corrected chi connectivity index (χ2v) is 9.66. The van der Waals surface area contributed by atoms with E-state index in [1.54, 1.807) is 0 Å². The summed E-state index contributed by atoms with van der Waals surface area (Å²) in [7, 11) is -4.20. The zero-order valence-corrected chi connectivity index (χ0v) is 20.6. The molecule has 0 atom stereocenters. The lowest BCUT2D eigenvalue weighted by molar-refractivity contribution is -0.134. The SMILES string of the molecule is CCCCCCCCCCCCOS(=O)(=O)OC(=O)CCCCCCCCCCC. The van der Waals surface area contributed by atoms with Crippen molar-refractivity contribution in [3.8, 4) is 0 Å². The monoisotopic (exact) mass is 448 g/mol. The molecule has 0 N–H and O–H groups in total. The summed E-state index contributed by atoms with van der Waals surface area (Å²) in [6, 6.07) is 0. The third kappa shape index (κ3) is 22.1. The normalized spacial score (nSPS) is 11.7. The second kappa shape index (κ2) is 21.6. The molecule has 0 aliphatic carbocycles. The Morgan fingerprint density at radius 1 is 0.567 bits per heavy atom. The molecule has 0 spiro atoms. The van der Waals surface area contributed by atoms with Crippen LogP contribution in [0.15, 0.2) is 0 Å². The van der Waals surface area contributed by atoms with Crippen LogP contribution in [0, 0.1) is 0 Å². The number of carbonyl (C=O) groups is 1. The van der Waals surface area contributed by atoms with Crippen LogP contribution < -0.4 is 0 Å². The van der Waals surface area contributed by atoms with E-state index in [0.29, 0.717) is 12.8 Å². The molecule has 0 fully saturated rings. The van der Waals surface area contributed by atoms with Crippen molar-refractivity contribution in [3.63, 3.8) is 0 Å². The third-order valence-electron chi connectivity index (χ3n) is 5.41. The van der Waals surface area contributed by atoms with Gasteiger partial charge in [-0.15, -0.1) is 0 Å². The van der Waals surface area contributed by atoms with Crippen LogP contribution in [0.5, 0.6) is 0 Å². The summed E-state index contributed by atoms with van der Waals surface area (Å²) in [5, 5.41) is 0. The summed E-state index contributed by atoms with van der Waals surface area (Å²) >= 11 is 0. The molecule has 0 bridgehead atoms. The first kappa shape index (κ1) is 29.4. The molecule has 0 heterocycles. The Morgan fingerprint density at radius 3 is 1.37 bits per heavy atom. The van der Waals surface area contributed by atoms with Gasteiger partial charge in [0, 0.05) is 6.42 Å². The standard InChI is InChI=1S/C24H48O5S/c1-3-5-7-9-11-13-15-17-19-21-23-28-30(26,27)29-24(25)22-20-18-16-14-12-10-8-6-4-2/h3-23H2,1-2H3. The maximum absolute atomic E-state index is 11.7. The van der Waals surface area contributed by atoms with E-state index in [2.05, 4.69) is 18.0 Å². The lowest BCUT2D eigenvalue weighted by atomic mass is 10.1. The fourth-order valence-electron chi connectivity index (χ4n) is 3.51. The van der Waals surface area contributed by atoms with E-state index < -0.39 is 16.4 Å². The number of rotatable bonds is 23. The Morgan fingerprint density at radius 2 is 0.933 bits per heavy atom. The summed E-state index contributed by atoms with van der Waals surface area (Å²) in [5.74, 6) is -0.707. The van der Waals surface area contributed by atoms with Gasteiger partial charge in [0.05, 0.1) is 6.61 Å². The molecule has 0 unspecified atom stereocenters. The van der Waals surface area contributed by atoms with Crippen molar-refractivity contribution < 1.29 is 21.6 Å². The van der Waals surface area contributed by atoms with Gasteiger partial charge in [0.25, 0.3) is 0 Å². The summed E-state index contributed by atoms with van der Waals surface area (Å²) in [5.41, 5.74) is 0. The van der Waals surface area contributed by atoms with Crippen LogP contribution in [0.25, 0.3) is 0 Å². The van der Waals surface area contributed by atoms with Gasteiger partial charge < -0.3 is 4.18 Å². The molecule has 0 aromatic heterocycles. The molecule has 0 rings (SSSR count). The van der Waals surface area contributed by atoms with Gasteiger partial charge in [-0.2, -0.15) is 8.42 Å². The number of hydrogen-bond acceptors (Lipinski definition) is 5. The summed E-state index contributed by atoms with van der Waals surface area (Å²) in [4.78, 5) is 11.7. The summed E-state index contributed by atoms with van der Waals surface area (Å²) in [6.45, 7) is 4.52. The molecule has 0 saturated heterocycles. The molecule has 0 aliphatic heterocycles. The van der Waals surface area contributed by atoms with Crippen LogP contribution in [-0.4, -0.2) is 21.0 Å². The van der Waals surface area contributed by atoms with Gasteiger partial charge in [-0.1, -0.05) is 123 Å². The van der Waals surface area contributed by atoms with E-state index in [1.807, 2.05) is 0 Å². The highest BCUT2D eigenvalue weighted by molar-refractivity contribution is 7.82. The average Bonchev–Trinajstić information content (AvgIpc) is 2.70. The molecule has 0 aromatic carbocycles. The van der Waals surface area contributed by atoms with Gasteiger partial charge in [0.2, 0.25) is 0 Å². The van der Waals surface area contributed by atoms with Gasteiger partial charge in [-0.25, -0.2) is 4.18 Å². The van der Waals surface area contributed by atoms with Crippen LogP contribution >= 0.6 is 0 Å². The van der Waals surface area contributed by atoms with Crippen LogP contribution in [0.3, 0.4) is 0 Å². The van der Waals surface area contributed by atoms with Crippen LogP contribution in [0.2, 0.25) is 0 Å². The van der Waals surface area contributed by atoms with E-state index in [9.17, 15) is 13.2 Å². The van der Waals surface area contributed by atoms with E-state index in [-0.39, 0.29) is 13.0 Å². The molecule has 180 valence electrons. The van der Waals surface area contributed by atoms with Crippen molar-refractivity contribution >= 4 is 16.4 Å². The molecule has 0 saturated carbocycles. The third-order valence-corrected chi connectivity index (χ3v) is 6.25. The smallest absolute Gasteiger partial charge is 0.325 e. The molecule has 6 heteroatoms. The van der Waals surface area contributed by atoms with Gasteiger partial charge in [0.1, 0.15) is 0 Å². The Balaban J connectivity index is 3.51. The lowest BCUT2D eigenvalue weighted by Crippen LogP contribution is -2.16.